The molecule has 0 saturated carbocycles. The van der Waals surface area contributed by atoms with Gasteiger partial charge in [0.05, 0.1) is 30.1 Å². The van der Waals surface area contributed by atoms with Crippen molar-refractivity contribution in [2.45, 2.75) is 50.8 Å². The molecule has 0 aliphatic carbocycles. The van der Waals surface area contributed by atoms with Crippen LogP contribution in [0.5, 0.6) is 0 Å². The Hall–Kier alpha value is -2.16. The van der Waals surface area contributed by atoms with E-state index in [2.05, 4.69) is 9.50 Å². The summed E-state index contributed by atoms with van der Waals surface area (Å²) in [5, 5.41) is 21.3. The van der Waals surface area contributed by atoms with Crippen molar-refractivity contribution in [2.75, 3.05) is 18.2 Å². The van der Waals surface area contributed by atoms with Gasteiger partial charge in [-0.25, -0.2) is 0 Å². The molecule has 0 heterocycles. The van der Waals surface area contributed by atoms with Crippen LogP contribution in [-0.4, -0.2) is 37.9 Å². The SMILES string of the molecule is CC(O)(CCCCCCOS(C)(=O)=O)C(=O)Nc1ccc(C#N)c(C(F)(F)F)c1. The molecule has 0 bridgehead atoms. The number of anilines is 1. The molecule has 0 aliphatic rings. The lowest BCUT2D eigenvalue weighted by Crippen LogP contribution is -2.40. The minimum absolute atomic E-state index is 0.0515. The molecule has 1 rings (SSSR count). The molecule has 1 amide bonds. The van der Waals surface area contributed by atoms with Crippen LogP contribution in [-0.2, 0) is 25.3 Å². The third kappa shape index (κ3) is 8.81. The fraction of sp³-hybridized carbons (Fsp3) is 0.556. The number of amides is 1. The lowest BCUT2D eigenvalue weighted by molar-refractivity contribution is -0.138. The number of rotatable bonds is 10. The van der Waals surface area contributed by atoms with E-state index in [-0.39, 0.29) is 18.7 Å². The topological polar surface area (TPSA) is 116 Å². The zero-order chi connectivity index (χ0) is 22.3. The number of nitrogens with zero attached hydrogens (tertiary/aromatic N) is 1. The minimum Gasteiger partial charge on any atom is -0.380 e. The second kappa shape index (κ2) is 10.0. The van der Waals surface area contributed by atoms with Gasteiger partial charge in [0.2, 0.25) is 0 Å². The molecule has 0 aliphatic heterocycles. The summed E-state index contributed by atoms with van der Waals surface area (Å²) in [5.41, 5.74) is -3.73. The number of nitrogens with one attached hydrogen (secondary N) is 1. The van der Waals surface area contributed by atoms with E-state index in [0.29, 0.717) is 31.7 Å². The van der Waals surface area contributed by atoms with Crippen LogP contribution in [0.15, 0.2) is 18.2 Å². The number of unbranched alkanes of at least 4 members (excludes halogenated alkanes) is 3. The average Bonchev–Trinajstić information content (AvgIpc) is 2.59. The lowest BCUT2D eigenvalue weighted by atomic mass is 9.96. The number of hydrogen-bond donors (Lipinski definition) is 2. The van der Waals surface area contributed by atoms with Gasteiger partial charge >= 0.3 is 6.18 Å². The van der Waals surface area contributed by atoms with Gasteiger partial charge in [0.15, 0.2) is 0 Å². The molecular formula is C18H23F3N2O5S. The first-order valence-electron chi connectivity index (χ1n) is 8.76. The summed E-state index contributed by atoms with van der Waals surface area (Å²) in [4.78, 5) is 12.2. The Kier molecular flexibility index (Phi) is 8.62. The summed E-state index contributed by atoms with van der Waals surface area (Å²) in [5.74, 6) is -0.865. The Morgan fingerprint density at radius 2 is 1.86 bits per heavy atom. The maximum absolute atomic E-state index is 13.0. The van der Waals surface area contributed by atoms with Gasteiger partial charge in [0.1, 0.15) is 5.60 Å². The molecule has 0 radical (unpaired) electrons. The van der Waals surface area contributed by atoms with Crippen LogP contribution in [0.2, 0.25) is 0 Å². The number of carbonyl (C=O) groups excluding carboxylic acids is 1. The first kappa shape index (κ1) is 24.9. The summed E-state index contributed by atoms with van der Waals surface area (Å²) in [6, 6.07) is 4.20. The molecule has 29 heavy (non-hydrogen) atoms. The summed E-state index contributed by atoms with van der Waals surface area (Å²) < 4.78 is 65.2. The fourth-order valence-electron chi connectivity index (χ4n) is 2.47. The van der Waals surface area contributed by atoms with Gasteiger partial charge in [-0.2, -0.15) is 26.9 Å². The molecule has 0 saturated heterocycles. The van der Waals surface area contributed by atoms with Gasteiger partial charge in [-0.1, -0.05) is 19.3 Å². The molecule has 162 valence electrons. The molecule has 0 fully saturated rings. The van der Waals surface area contributed by atoms with E-state index in [1.54, 1.807) is 0 Å². The Balaban J connectivity index is 2.57. The maximum atomic E-state index is 13.0. The average molecular weight is 436 g/mol. The quantitative estimate of drug-likeness (QED) is 0.430. The van der Waals surface area contributed by atoms with Crippen molar-refractivity contribution in [3.63, 3.8) is 0 Å². The van der Waals surface area contributed by atoms with E-state index in [0.717, 1.165) is 18.4 Å². The molecule has 11 heteroatoms. The number of alkyl halides is 3. The fourth-order valence-corrected chi connectivity index (χ4v) is 2.89. The van der Waals surface area contributed by atoms with Crippen molar-refractivity contribution < 1.29 is 35.7 Å². The third-order valence-corrected chi connectivity index (χ3v) is 4.64. The van der Waals surface area contributed by atoms with Crippen molar-refractivity contribution in [2.24, 2.45) is 0 Å². The lowest BCUT2D eigenvalue weighted by Gasteiger charge is -2.22. The summed E-state index contributed by atoms with van der Waals surface area (Å²) in [7, 11) is -3.48. The van der Waals surface area contributed by atoms with E-state index in [1.807, 2.05) is 0 Å². The van der Waals surface area contributed by atoms with Crippen molar-refractivity contribution in [1.82, 2.24) is 0 Å². The number of nitriles is 1. The van der Waals surface area contributed by atoms with E-state index in [4.69, 9.17) is 5.26 Å². The van der Waals surface area contributed by atoms with Crippen LogP contribution in [0.25, 0.3) is 0 Å². The van der Waals surface area contributed by atoms with Crippen LogP contribution in [0.4, 0.5) is 18.9 Å². The van der Waals surface area contributed by atoms with Gasteiger partial charge in [0, 0.05) is 5.69 Å². The third-order valence-electron chi connectivity index (χ3n) is 4.05. The molecule has 0 aromatic heterocycles. The first-order valence-corrected chi connectivity index (χ1v) is 10.6. The van der Waals surface area contributed by atoms with Crippen molar-refractivity contribution in [1.29, 1.82) is 5.26 Å². The van der Waals surface area contributed by atoms with Gasteiger partial charge in [0.25, 0.3) is 16.0 Å². The number of aliphatic hydroxyl groups is 1. The Labute approximate surface area is 167 Å². The smallest absolute Gasteiger partial charge is 0.380 e. The van der Waals surface area contributed by atoms with Crippen molar-refractivity contribution in [3.05, 3.63) is 29.3 Å². The monoisotopic (exact) mass is 436 g/mol. The summed E-state index contributed by atoms with van der Waals surface area (Å²) >= 11 is 0. The van der Waals surface area contributed by atoms with Crippen LogP contribution in [0, 0.1) is 11.3 Å². The molecule has 1 aromatic carbocycles. The molecule has 7 nitrogen and oxygen atoms in total. The highest BCUT2D eigenvalue weighted by Crippen LogP contribution is 2.33. The highest BCUT2D eigenvalue weighted by Gasteiger charge is 2.35. The Bertz CT molecular complexity index is 861. The van der Waals surface area contributed by atoms with E-state index >= 15 is 0 Å². The second-order valence-corrected chi connectivity index (χ2v) is 8.43. The highest BCUT2D eigenvalue weighted by molar-refractivity contribution is 7.85. The molecule has 2 N–H and O–H groups in total. The van der Waals surface area contributed by atoms with Crippen molar-refractivity contribution in [3.8, 4) is 6.07 Å². The van der Waals surface area contributed by atoms with Gasteiger partial charge < -0.3 is 10.4 Å². The van der Waals surface area contributed by atoms with Crippen LogP contribution in [0.3, 0.4) is 0 Å². The van der Waals surface area contributed by atoms with Crippen molar-refractivity contribution >= 4 is 21.7 Å². The largest absolute Gasteiger partial charge is 0.417 e. The van der Waals surface area contributed by atoms with Crippen LogP contribution >= 0.6 is 0 Å². The van der Waals surface area contributed by atoms with Gasteiger partial charge in [-0.3, -0.25) is 8.98 Å². The first-order chi connectivity index (χ1) is 13.3. The molecular weight excluding hydrogens is 413 g/mol. The normalized spacial score (nSPS) is 14.1. The second-order valence-electron chi connectivity index (χ2n) is 6.79. The predicted octanol–water partition coefficient (Wildman–Crippen LogP) is 3.19. The minimum atomic E-state index is -4.75. The number of benzene rings is 1. The van der Waals surface area contributed by atoms with Gasteiger partial charge in [-0.05, 0) is 38.0 Å². The zero-order valence-electron chi connectivity index (χ0n) is 16.0. The number of carbonyl (C=O) groups is 1. The summed E-state index contributed by atoms with van der Waals surface area (Å²) in [6.45, 7) is 1.30. The highest BCUT2D eigenvalue weighted by atomic mass is 32.2. The van der Waals surface area contributed by atoms with E-state index in [1.165, 1.54) is 13.0 Å². The molecule has 0 spiro atoms. The molecule has 1 atom stereocenters. The maximum Gasteiger partial charge on any atom is 0.417 e. The van der Waals surface area contributed by atoms with E-state index in [9.17, 15) is 31.5 Å². The predicted molar refractivity (Wildman–Crippen MR) is 99.3 cm³/mol. The Morgan fingerprint density at radius 3 is 2.41 bits per heavy atom. The summed E-state index contributed by atoms with van der Waals surface area (Å²) in [6.07, 6.45) is -1.57. The van der Waals surface area contributed by atoms with Gasteiger partial charge in [-0.15, -0.1) is 0 Å². The number of halogens is 3. The van der Waals surface area contributed by atoms with E-state index < -0.39 is 38.9 Å². The van der Waals surface area contributed by atoms with Crippen LogP contribution in [0.1, 0.15) is 50.2 Å². The molecule has 1 aromatic rings. The zero-order valence-corrected chi connectivity index (χ0v) is 16.9. The standard InChI is InChI=1S/C18H23F3N2O5S/c1-17(25,9-5-3-4-6-10-28-29(2,26)27)16(24)23-14-8-7-13(12-22)15(11-14)18(19,20)21/h7-8,11,25H,3-6,9-10H2,1-2H3,(H,23,24). The Morgan fingerprint density at radius 1 is 1.24 bits per heavy atom. The van der Waals surface area contributed by atoms with Crippen LogP contribution < -0.4 is 5.32 Å². The number of hydrogen-bond acceptors (Lipinski definition) is 6. The molecule has 1 unspecified atom stereocenters.